The standard InChI is InChI=1S/C15H21N3O3/c1-14(2)13(21)18(15(3,4)12(20)16-14)10-9-17-8-6-5-7-11(17)19/h5-8H,9-10H2,1-4H3,(H,16,20). The zero-order chi connectivity index (χ0) is 15.8. The van der Waals surface area contributed by atoms with E-state index in [0.717, 1.165) is 0 Å². The maximum absolute atomic E-state index is 12.5. The number of amides is 2. The molecule has 114 valence electrons. The van der Waals surface area contributed by atoms with Crippen molar-refractivity contribution in [2.24, 2.45) is 0 Å². The van der Waals surface area contributed by atoms with Gasteiger partial charge >= 0.3 is 0 Å². The van der Waals surface area contributed by atoms with Gasteiger partial charge in [-0.05, 0) is 33.8 Å². The van der Waals surface area contributed by atoms with Gasteiger partial charge in [0.2, 0.25) is 11.8 Å². The lowest BCUT2D eigenvalue weighted by Gasteiger charge is -2.47. The number of pyridine rings is 1. The molecule has 6 heteroatoms. The van der Waals surface area contributed by atoms with Gasteiger partial charge in [-0.1, -0.05) is 6.07 Å². The molecule has 6 nitrogen and oxygen atoms in total. The van der Waals surface area contributed by atoms with Crippen LogP contribution in [0.5, 0.6) is 0 Å². The van der Waals surface area contributed by atoms with Crippen molar-refractivity contribution in [2.75, 3.05) is 6.54 Å². The van der Waals surface area contributed by atoms with E-state index in [1.165, 1.54) is 10.6 Å². The summed E-state index contributed by atoms with van der Waals surface area (Å²) in [5.74, 6) is -0.330. The van der Waals surface area contributed by atoms with E-state index < -0.39 is 11.1 Å². The first-order valence-corrected chi connectivity index (χ1v) is 6.96. The lowest BCUT2D eigenvalue weighted by Crippen LogP contribution is -2.72. The number of nitrogens with one attached hydrogen (secondary N) is 1. The van der Waals surface area contributed by atoms with Crippen molar-refractivity contribution in [1.82, 2.24) is 14.8 Å². The number of hydrogen-bond donors (Lipinski definition) is 1. The first-order chi connectivity index (χ1) is 9.66. The number of carbonyl (C=O) groups excluding carboxylic acids is 2. The van der Waals surface area contributed by atoms with Gasteiger partial charge in [0.1, 0.15) is 11.1 Å². The van der Waals surface area contributed by atoms with E-state index >= 15 is 0 Å². The Balaban J connectivity index is 2.24. The smallest absolute Gasteiger partial charge is 0.250 e. The minimum Gasteiger partial charge on any atom is -0.340 e. The Labute approximate surface area is 123 Å². The van der Waals surface area contributed by atoms with E-state index in [4.69, 9.17) is 0 Å². The fourth-order valence-electron chi connectivity index (χ4n) is 2.44. The molecular weight excluding hydrogens is 270 g/mol. The minimum atomic E-state index is -0.926. The molecule has 0 spiro atoms. The number of rotatable bonds is 3. The van der Waals surface area contributed by atoms with Crippen LogP contribution < -0.4 is 10.9 Å². The summed E-state index contributed by atoms with van der Waals surface area (Å²) in [6.07, 6.45) is 1.68. The molecule has 0 saturated carbocycles. The molecule has 0 radical (unpaired) electrons. The summed E-state index contributed by atoms with van der Waals surface area (Å²) in [6, 6.07) is 4.91. The number of aromatic nitrogens is 1. The van der Waals surface area contributed by atoms with Gasteiger partial charge in [0.05, 0.1) is 0 Å². The third-order valence-corrected chi connectivity index (χ3v) is 3.90. The molecule has 1 aliphatic heterocycles. The first-order valence-electron chi connectivity index (χ1n) is 6.96. The molecule has 21 heavy (non-hydrogen) atoms. The van der Waals surface area contributed by atoms with Crippen LogP contribution in [0.25, 0.3) is 0 Å². The van der Waals surface area contributed by atoms with Gasteiger partial charge in [-0.2, -0.15) is 0 Å². The van der Waals surface area contributed by atoms with Gasteiger partial charge in [0.15, 0.2) is 0 Å². The molecule has 1 aliphatic rings. The lowest BCUT2D eigenvalue weighted by atomic mass is 9.90. The van der Waals surface area contributed by atoms with E-state index in [1.807, 2.05) is 0 Å². The van der Waals surface area contributed by atoms with Crippen LogP contribution in [0.1, 0.15) is 27.7 Å². The average Bonchev–Trinajstić information content (AvgIpc) is 2.38. The van der Waals surface area contributed by atoms with Crippen LogP contribution in [0.3, 0.4) is 0 Å². The number of nitrogens with zero attached hydrogens (tertiary/aromatic N) is 2. The molecule has 1 N–H and O–H groups in total. The van der Waals surface area contributed by atoms with Crippen molar-refractivity contribution in [2.45, 2.75) is 45.3 Å². The Morgan fingerprint density at radius 3 is 2.33 bits per heavy atom. The minimum absolute atomic E-state index is 0.122. The Morgan fingerprint density at radius 1 is 1.05 bits per heavy atom. The maximum atomic E-state index is 12.5. The summed E-state index contributed by atoms with van der Waals surface area (Å²) in [5.41, 5.74) is -1.97. The normalized spacial score (nSPS) is 20.3. The number of hydrogen-bond acceptors (Lipinski definition) is 3. The van der Waals surface area contributed by atoms with Crippen LogP contribution in [0.15, 0.2) is 29.2 Å². The van der Waals surface area contributed by atoms with Gasteiger partial charge in [-0.3, -0.25) is 14.4 Å². The second kappa shape index (κ2) is 5.02. The highest BCUT2D eigenvalue weighted by atomic mass is 16.2. The summed E-state index contributed by atoms with van der Waals surface area (Å²) in [5, 5.41) is 2.74. The summed E-state index contributed by atoms with van der Waals surface area (Å²) in [6.45, 7) is 7.46. The van der Waals surface area contributed by atoms with E-state index in [9.17, 15) is 14.4 Å². The van der Waals surface area contributed by atoms with Crippen molar-refractivity contribution < 1.29 is 9.59 Å². The third-order valence-electron chi connectivity index (χ3n) is 3.90. The highest BCUT2D eigenvalue weighted by molar-refractivity contribution is 6.01. The molecule has 1 aromatic heterocycles. The summed E-state index contributed by atoms with van der Waals surface area (Å²) in [7, 11) is 0. The Hall–Kier alpha value is -2.11. The second-order valence-corrected chi connectivity index (χ2v) is 6.33. The van der Waals surface area contributed by atoms with Crippen LogP contribution in [0.2, 0.25) is 0 Å². The van der Waals surface area contributed by atoms with Crippen LogP contribution in [-0.2, 0) is 16.1 Å². The lowest BCUT2D eigenvalue weighted by molar-refractivity contribution is -0.159. The molecule has 2 amide bonds. The zero-order valence-electron chi connectivity index (χ0n) is 12.8. The Bertz CT molecular complexity index is 631. The zero-order valence-corrected chi connectivity index (χ0v) is 12.8. The van der Waals surface area contributed by atoms with Crippen molar-refractivity contribution in [3.8, 4) is 0 Å². The summed E-state index contributed by atoms with van der Waals surface area (Å²) < 4.78 is 1.53. The quantitative estimate of drug-likeness (QED) is 0.874. The average molecular weight is 291 g/mol. The molecular formula is C15H21N3O3. The van der Waals surface area contributed by atoms with Gasteiger partial charge in [-0.15, -0.1) is 0 Å². The molecule has 1 aromatic rings. The van der Waals surface area contributed by atoms with Gasteiger partial charge in [-0.25, -0.2) is 0 Å². The highest BCUT2D eigenvalue weighted by Crippen LogP contribution is 2.25. The molecule has 0 bridgehead atoms. The maximum Gasteiger partial charge on any atom is 0.250 e. The van der Waals surface area contributed by atoms with Crippen molar-refractivity contribution in [3.63, 3.8) is 0 Å². The molecule has 0 atom stereocenters. The van der Waals surface area contributed by atoms with Gasteiger partial charge < -0.3 is 14.8 Å². The number of carbonyl (C=O) groups is 2. The largest absolute Gasteiger partial charge is 0.340 e. The summed E-state index contributed by atoms with van der Waals surface area (Å²) >= 11 is 0. The summed E-state index contributed by atoms with van der Waals surface area (Å²) in [4.78, 5) is 38.0. The first kappa shape index (κ1) is 15.3. The fraction of sp³-hybridized carbons (Fsp3) is 0.533. The van der Waals surface area contributed by atoms with Gasteiger partial charge in [0, 0.05) is 25.4 Å². The Kier molecular flexibility index (Phi) is 3.65. The molecule has 0 aromatic carbocycles. The predicted molar refractivity (Wildman–Crippen MR) is 78.7 cm³/mol. The predicted octanol–water partition coefficient (Wildman–Crippen LogP) is 0.364. The molecule has 1 saturated heterocycles. The van der Waals surface area contributed by atoms with E-state index in [2.05, 4.69) is 5.32 Å². The van der Waals surface area contributed by atoms with Crippen molar-refractivity contribution in [3.05, 3.63) is 34.7 Å². The topological polar surface area (TPSA) is 71.4 Å². The van der Waals surface area contributed by atoms with E-state index in [-0.39, 0.29) is 17.4 Å². The van der Waals surface area contributed by atoms with Crippen LogP contribution in [0.4, 0.5) is 0 Å². The Morgan fingerprint density at radius 2 is 1.71 bits per heavy atom. The van der Waals surface area contributed by atoms with Crippen LogP contribution >= 0.6 is 0 Å². The van der Waals surface area contributed by atoms with Gasteiger partial charge in [0.25, 0.3) is 5.56 Å². The van der Waals surface area contributed by atoms with E-state index in [0.29, 0.717) is 13.1 Å². The SMILES string of the molecule is CC1(C)NC(=O)C(C)(C)N(CCn2ccccc2=O)C1=O. The number of piperazine rings is 1. The molecule has 0 aliphatic carbocycles. The third kappa shape index (κ3) is 2.70. The van der Waals surface area contributed by atoms with Crippen molar-refractivity contribution >= 4 is 11.8 Å². The molecule has 1 fully saturated rings. The monoisotopic (exact) mass is 291 g/mol. The van der Waals surface area contributed by atoms with Crippen LogP contribution in [0, 0.1) is 0 Å². The highest BCUT2D eigenvalue weighted by Gasteiger charge is 2.49. The van der Waals surface area contributed by atoms with E-state index in [1.54, 1.807) is 50.9 Å². The molecule has 0 unspecified atom stereocenters. The fourth-order valence-corrected chi connectivity index (χ4v) is 2.44. The second-order valence-electron chi connectivity index (χ2n) is 6.33. The van der Waals surface area contributed by atoms with Crippen LogP contribution in [-0.4, -0.2) is 38.9 Å². The molecule has 2 rings (SSSR count). The molecule has 2 heterocycles. The van der Waals surface area contributed by atoms with Crippen molar-refractivity contribution in [1.29, 1.82) is 0 Å².